The van der Waals surface area contributed by atoms with Crippen LogP contribution in [0.5, 0.6) is 0 Å². The lowest BCUT2D eigenvalue weighted by Gasteiger charge is -2.04. The molecule has 1 aromatic carbocycles. The first kappa shape index (κ1) is 10.2. The quantitative estimate of drug-likeness (QED) is 0.791. The molecule has 0 bridgehead atoms. The molecule has 0 spiro atoms. The first-order valence-electron chi connectivity index (χ1n) is 5.34. The molecule has 0 unspecified atom stereocenters. The highest BCUT2D eigenvalue weighted by atomic mass is 15.0. The van der Waals surface area contributed by atoms with Crippen molar-refractivity contribution in [3.63, 3.8) is 0 Å². The van der Waals surface area contributed by atoms with Crippen LogP contribution in [0.2, 0.25) is 0 Å². The predicted molar refractivity (Wildman–Crippen MR) is 65.2 cm³/mol. The summed E-state index contributed by atoms with van der Waals surface area (Å²) >= 11 is 0. The summed E-state index contributed by atoms with van der Waals surface area (Å²) in [5.74, 6) is 0. The standard InChI is InChI=1S/C13H18N2/c1-9-5-6-11-10(2)13(8-14-3)15(4)12(11)7-9/h5-7,14H,8H2,1-4H3. The largest absolute Gasteiger partial charge is 0.346 e. The summed E-state index contributed by atoms with van der Waals surface area (Å²) in [6, 6.07) is 6.65. The Labute approximate surface area is 90.9 Å². The smallest absolute Gasteiger partial charge is 0.0485 e. The van der Waals surface area contributed by atoms with Crippen LogP contribution in [0, 0.1) is 13.8 Å². The summed E-state index contributed by atoms with van der Waals surface area (Å²) in [4.78, 5) is 0. The number of benzene rings is 1. The number of nitrogens with zero attached hydrogens (tertiary/aromatic N) is 1. The molecular weight excluding hydrogens is 184 g/mol. The number of hydrogen-bond acceptors (Lipinski definition) is 1. The molecule has 80 valence electrons. The Hall–Kier alpha value is -1.28. The fourth-order valence-corrected chi connectivity index (χ4v) is 2.21. The Morgan fingerprint density at radius 2 is 2.00 bits per heavy atom. The van der Waals surface area contributed by atoms with E-state index in [1.54, 1.807) is 0 Å². The lowest BCUT2D eigenvalue weighted by Crippen LogP contribution is -2.10. The zero-order valence-electron chi connectivity index (χ0n) is 9.89. The Morgan fingerprint density at radius 3 is 2.67 bits per heavy atom. The number of nitrogens with one attached hydrogen (secondary N) is 1. The molecule has 0 aliphatic rings. The molecule has 2 nitrogen and oxygen atoms in total. The molecule has 0 saturated heterocycles. The van der Waals surface area contributed by atoms with E-state index in [9.17, 15) is 0 Å². The van der Waals surface area contributed by atoms with Gasteiger partial charge < -0.3 is 9.88 Å². The molecule has 0 aliphatic carbocycles. The molecule has 0 amide bonds. The highest BCUT2D eigenvalue weighted by Crippen LogP contribution is 2.25. The molecule has 2 rings (SSSR count). The van der Waals surface area contributed by atoms with E-state index in [4.69, 9.17) is 0 Å². The number of rotatable bonds is 2. The normalized spacial score (nSPS) is 11.2. The van der Waals surface area contributed by atoms with Gasteiger partial charge in [-0.3, -0.25) is 0 Å². The van der Waals surface area contributed by atoms with Crippen molar-refractivity contribution in [1.29, 1.82) is 0 Å². The van der Waals surface area contributed by atoms with Crippen molar-refractivity contribution in [2.24, 2.45) is 7.05 Å². The molecule has 2 aromatic rings. The topological polar surface area (TPSA) is 17.0 Å². The van der Waals surface area contributed by atoms with E-state index < -0.39 is 0 Å². The van der Waals surface area contributed by atoms with Crippen LogP contribution in [0.4, 0.5) is 0 Å². The Balaban J connectivity index is 2.73. The molecule has 15 heavy (non-hydrogen) atoms. The maximum atomic E-state index is 3.22. The van der Waals surface area contributed by atoms with Gasteiger partial charge in [0.15, 0.2) is 0 Å². The molecule has 0 radical (unpaired) electrons. The monoisotopic (exact) mass is 202 g/mol. The van der Waals surface area contributed by atoms with Crippen LogP contribution >= 0.6 is 0 Å². The second kappa shape index (κ2) is 3.70. The lowest BCUT2D eigenvalue weighted by molar-refractivity contribution is 0.739. The number of fused-ring (bicyclic) bond motifs is 1. The van der Waals surface area contributed by atoms with Crippen molar-refractivity contribution >= 4 is 10.9 Å². The second-order valence-electron chi connectivity index (χ2n) is 4.18. The van der Waals surface area contributed by atoms with E-state index in [1.807, 2.05) is 7.05 Å². The first-order chi connectivity index (χ1) is 7.15. The first-order valence-corrected chi connectivity index (χ1v) is 5.34. The minimum absolute atomic E-state index is 0.927. The molecule has 0 aliphatic heterocycles. The molecule has 1 N–H and O–H groups in total. The van der Waals surface area contributed by atoms with E-state index in [0.717, 1.165) is 6.54 Å². The summed E-state index contributed by atoms with van der Waals surface area (Å²) in [5.41, 5.74) is 5.41. The van der Waals surface area contributed by atoms with Gasteiger partial charge in [0.2, 0.25) is 0 Å². The average molecular weight is 202 g/mol. The Bertz CT molecular complexity index is 495. The number of aromatic nitrogens is 1. The second-order valence-corrected chi connectivity index (χ2v) is 4.18. The molecule has 1 heterocycles. The summed E-state index contributed by atoms with van der Waals surface area (Å²) in [6.45, 7) is 5.26. The summed E-state index contributed by atoms with van der Waals surface area (Å²) in [5, 5.41) is 4.59. The highest BCUT2D eigenvalue weighted by molar-refractivity contribution is 5.85. The van der Waals surface area contributed by atoms with Gasteiger partial charge >= 0.3 is 0 Å². The van der Waals surface area contributed by atoms with E-state index in [1.165, 1.54) is 27.7 Å². The van der Waals surface area contributed by atoms with Crippen molar-refractivity contribution in [2.45, 2.75) is 20.4 Å². The van der Waals surface area contributed by atoms with Crippen molar-refractivity contribution in [1.82, 2.24) is 9.88 Å². The van der Waals surface area contributed by atoms with Crippen molar-refractivity contribution in [3.8, 4) is 0 Å². The fraction of sp³-hybridized carbons (Fsp3) is 0.385. The molecular formula is C13H18N2. The van der Waals surface area contributed by atoms with Gasteiger partial charge in [-0.05, 0) is 38.1 Å². The van der Waals surface area contributed by atoms with Crippen molar-refractivity contribution < 1.29 is 0 Å². The number of aryl methyl sites for hydroxylation is 3. The van der Waals surface area contributed by atoms with Gasteiger partial charge in [0, 0.05) is 30.2 Å². The number of hydrogen-bond donors (Lipinski definition) is 1. The third kappa shape index (κ3) is 1.55. The molecule has 0 saturated carbocycles. The van der Waals surface area contributed by atoms with Crippen LogP contribution < -0.4 is 5.32 Å². The maximum Gasteiger partial charge on any atom is 0.0485 e. The lowest BCUT2D eigenvalue weighted by atomic mass is 10.1. The Morgan fingerprint density at radius 1 is 1.27 bits per heavy atom. The zero-order valence-corrected chi connectivity index (χ0v) is 9.89. The van der Waals surface area contributed by atoms with Gasteiger partial charge in [-0.2, -0.15) is 0 Å². The van der Waals surface area contributed by atoms with Crippen LogP contribution in [-0.4, -0.2) is 11.6 Å². The van der Waals surface area contributed by atoms with Gasteiger partial charge in [-0.1, -0.05) is 12.1 Å². The van der Waals surface area contributed by atoms with Crippen LogP contribution in [0.3, 0.4) is 0 Å². The van der Waals surface area contributed by atoms with E-state index in [-0.39, 0.29) is 0 Å². The van der Waals surface area contributed by atoms with Gasteiger partial charge in [-0.25, -0.2) is 0 Å². The maximum absolute atomic E-state index is 3.22. The zero-order chi connectivity index (χ0) is 11.0. The SMILES string of the molecule is CNCc1c(C)c2ccc(C)cc2n1C. The summed E-state index contributed by atoms with van der Waals surface area (Å²) < 4.78 is 2.29. The minimum Gasteiger partial charge on any atom is -0.346 e. The molecule has 0 fully saturated rings. The van der Waals surface area contributed by atoms with Gasteiger partial charge in [0.25, 0.3) is 0 Å². The van der Waals surface area contributed by atoms with E-state index in [2.05, 4.69) is 49.0 Å². The van der Waals surface area contributed by atoms with E-state index >= 15 is 0 Å². The van der Waals surface area contributed by atoms with Crippen LogP contribution in [-0.2, 0) is 13.6 Å². The fourth-order valence-electron chi connectivity index (χ4n) is 2.21. The molecule has 1 aromatic heterocycles. The van der Waals surface area contributed by atoms with Gasteiger partial charge in [-0.15, -0.1) is 0 Å². The third-order valence-corrected chi connectivity index (χ3v) is 3.10. The van der Waals surface area contributed by atoms with Crippen molar-refractivity contribution in [3.05, 3.63) is 35.0 Å². The minimum atomic E-state index is 0.927. The van der Waals surface area contributed by atoms with Crippen LogP contribution in [0.25, 0.3) is 10.9 Å². The summed E-state index contributed by atoms with van der Waals surface area (Å²) in [6.07, 6.45) is 0. The highest BCUT2D eigenvalue weighted by Gasteiger charge is 2.10. The predicted octanol–water partition coefficient (Wildman–Crippen LogP) is 2.51. The van der Waals surface area contributed by atoms with E-state index in [0.29, 0.717) is 0 Å². The van der Waals surface area contributed by atoms with Crippen LogP contribution in [0.1, 0.15) is 16.8 Å². The third-order valence-electron chi connectivity index (χ3n) is 3.10. The van der Waals surface area contributed by atoms with Gasteiger partial charge in [0.1, 0.15) is 0 Å². The average Bonchev–Trinajstić information content (AvgIpc) is 2.44. The Kier molecular flexibility index (Phi) is 2.53. The molecule has 0 atom stereocenters. The van der Waals surface area contributed by atoms with Gasteiger partial charge in [0.05, 0.1) is 0 Å². The molecule has 2 heteroatoms. The van der Waals surface area contributed by atoms with Crippen LogP contribution in [0.15, 0.2) is 18.2 Å². The van der Waals surface area contributed by atoms with Crippen molar-refractivity contribution in [2.75, 3.05) is 7.05 Å². The summed E-state index contributed by atoms with van der Waals surface area (Å²) in [7, 11) is 4.13.